The molecule has 0 spiro atoms. The number of rotatable bonds is 6. The van der Waals surface area contributed by atoms with Crippen LogP contribution in [0.5, 0.6) is 5.75 Å². The maximum atomic E-state index is 9.56. The van der Waals surface area contributed by atoms with Crippen molar-refractivity contribution in [3.8, 4) is 17.0 Å². The molecule has 3 nitrogen and oxygen atoms in total. The summed E-state index contributed by atoms with van der Waals surface area (Å²) in [4.78, 5) is 3.64. The van der Waals surface area contributed by atoms with E-state index in [-0.39, 0.29) is 0 Å². The van der Waals surface area contributed by atoms with E-state index >= 15 is 0 Å². The highest BCUT2D eigenvalue weighted by Gasteiger charge is 2.17. The number of nitrogens with one attached hydrogen (secondary N) is 2. The van der Waals surface area contributed by atoms with Crippen molar-refractivity contribution < 1.29 is 5.11 Å². The molecule has 0 radical (unpaired) electrons. The number of aromatic hydroxyl groups is 1. The van der Waals surface area contributed by atoms with Crippen LogP contribution >= 0.6 is 0 Å². The van der Waals surface area contributed by atoms with Crippen LogP contribution in [0.4, 0.5) is 5.69 Å². The zero-order valence-electron chi connectivity index (χ0n) is 17.3. The number of aromatic nitrogens is 1. The van der Waals surface area contributed by atoms with Gasteiger partial charge in [0.2, 0.25) is 0 Å². The van der Waals surface area contributed by atoms with E-state index in [9.17, 15) is 5.11 Å². The van der Waals surface area contributed by atoms with Gasteiger partial charge in [-0.3, -0.25) is 0 Å². The van der Waals surface area contributed by atoms with Gasteiger partial charge in [0.25, 0.3) is 0 Å². The number of fused-ring (bicyclic) bond motifs is 1. The zero-order chi connectivity index (χ0) is 20.4. The highest BCUT2D eigenvalue weighted by atomic mass is 16.3. The molecular weight excluding hydrogens is 356 g/mol. The minimum absolute atomic E-state index is 0.295. The van der Waals surface area contributed by atoms with Crippen LogP contribution in [0.2, 0.25) is 0 Å². The predicted molar refractivity (Wildman–Crippen MR) is 123 cm³/mol. The number of H-pyrrole nitrogens is 1. The normalized spacial score (nSPS) is 12.2. The molecule has 29 heavy (non-hydrogen) atoms. The third-order valence-electron chi connectivity index (χ3n) is 5.48. The highest BCUT2D eigenvalue weighted by molar-refractivity contribution is 6.01. The molecule has 1 aromatic heterocycles. The van der Waals surface area contributed by atoms with Crippen molar-refractivity contribution in [3.05, 3.63) is 83.4 Å². The largest absolute Gasteiger partial charge is 0.508 e. The predicted octanol–water partition coefficient (Wildman–Crippen LogP) is 6.59. The van der Waals surface area contributed by atoms with E-state index in [0.29, 0.717) is 11.8 Å². The second-order valence-corrected chi connectivity index (χ2v) is 7.92. The summed E-state index contributed by atoms with van der Waals surface area (Å²) in [5.41, 5.74) is 8.40. The van der Waals surface area contributed by atoms with Crippen LogP contribution < -0.4 is 5.32 Å². The molecule has 0 fully saturated rings. The lowest BCUT2D eigenvalue weighted by Gasteiger charge is -2.20. The van der Waals surface area contributed by atoms with Crippen molar-refractivity contribution in [3.63, 3.8) is 0 Å². The fourth-order valence-electron chi connectivity index (χ4n) is 4.05. The first-order chi connectivity index (χ1) is 14.0. The Labute approximate surface area is 172 Å². The Balaban J connectivity index is 1.74. The number of hydrogen-bond donors (Lipinski definition) is 3. The van der Waals surface area contributed by atoms with Crippen molar-refractivity contribution >= 4 is 16.6 Å². The average molecular weight is 385 g/mol. The first-order valence-corrected chi connectivity index (χ1v) is 10.3. The Morgan fingerprint density at radius 1 is 0.931 bits per heavy atom. The van der Waals surface area contributed by atoms with E-state index in [1.54, 1.807) is 12.1 Å². The fourth-order valence-corrected chi connectivity index (χ4v) is 4.05. The molecule has 3 heteroatoms. The number of para-hydroxylation sites is 1. The SMILES string of the molecule is CCC(Cc1ccc(O)cc1)Nc1c(-c2cc(C)cc(C)c2)[nH]c2ccccc12. The van der Waals surface area contributed by atoms with Gasteiger partial charge < -0.3 is 15.4 Å². The number of phenolic OH excluding ortho intramolecular Hbond substituents is 1. The van der Waals surface area contributed by atoms with Gasteiger partial charge in [0, 0.05) is 22.5 Å². The third-order valence-corrected chi connectivity index (χ3v) is 5.48. The molecule has 4 rings (SSSR count). The van der Waals surface area contributed by atoms with Gasteiger partial charge in [-0.15, -0.1) is 0 Å². The molecule has 0 saturated carbocycles. The summed E-state index contributed by atoms with van der Waals surface area (Å²) in [7, 11) is 0. The summed E-state index contributed by atoms with van der Waals surface area (Å²) in [5, 5.41) is 14.6. The smallest absolute Gasteiger partial charge is 0.115 e. The maximum Gasteiger partial charge on any atom is 0.115 e. The Morgan fingerprint density at radius 3 is 2.31 bits per heavy atom. The number of hydrogen-bond acceptors (Lipinski definition) is 2. The van der Waals surface area contributed by atoms with E-state index < -0.39 is 0 Å². The Kier molecular flexibility index (Phi) is 5.30. The first-order valence-electron chi connectivity index (χ1n) is 10.3. The van der Waals surface area contributed by atoms with Crippen LogP contribution in [-0.2, 0) is 6.42 Å². The maximum absolute atomic E-state index is 9.56. The van der Waals surface area contributed by atoms with Crippen LogP contribution in [-0.4, -0.2) is 16.1 Å². The van der Waals surface area contributed by atoms with Gasteiger partial charge in [0.1, 0.15) is 5.75 Å². The standard InChI is InChI=1S/C26H28N2O/c1-4-21(16-19-9-11-22(29)12-10-19)27-26-23-7-5-6-8-24(23)28-25(26)20-14-17(2)13-18(3)15-20/h5-15,21,27-29H,4,16H2,1-3H3. The molecule has 3 N–H and O–H groups in total. The summed E-state index contributed by atoms with van der Waals surface area (Å²) in [6, 6.07) is 23.0. The van der Waals surface area contributed by atoms with Crippen molar-refractivity contribution in [1.29, 1.82) is 0 Å². The fraction of sp³-hybridized carbons (Fsp3) is 0.231. The molecule has 0 aliphatic carbocycles. The molecule has 0 aliphatic heterocycles. The molecular formula is C26H28N2O. The molecule has 148 valence electrons. The van der Waals surface area contributed by atoms with Gasteiger partial charge >= 0.3 is 0 Å². The van der Waals surface area contributed by atoms with Crippen molar-refractivity contribution in [2.45, 2.75) is 39.7 Å². The van der Waals surface area contributed by atoms with Crippen LogP contribution in [0, 0.1) is 13.8 Å². The highest BCUT2D eigenvalue weighted by Crippen LogP contribution is 2.36. The summed E-state index contributed by atoms with van der Waals surface area (Å²) in [6.07, 6.45) is 1.91. The quantitative estimate of drug-likeness (QED) is 0.351. The lowest BCUT2D eigenvalue weighted by Crippen LogP contribution is -2.21. The van der Waals surface area contributed by atoms with Gasteiger partial charge in [0.15, 0.2) is 0 Å². The van der Waals surface area contributed by atoms with Crippen LogP contribution in [0.3, 0.4) is 0 Å². The average Bonchev–Trinajstić information content (AvgIpc) is 3.07. The van der Waals surface area contributed by atoms with Crippen molar-refractivity contribution in [2.24, 2.45) is 0 Å². The summed E-state index contributed by atoms with van der Waals surface area (Å²) in [6.45, 7) is 6.50. The number of aryl methyl sites for hydroxylation is 2. The van der Waals surface area contributed by atoms with Crippen molar-refractivity contribution in [2.75, 3.05) is 5.32 Å². The molecule has 0 aliphatic rings. The van der Waals surface area contributed by atoms with Crippen molar-refractivity contribution in [1.82, 2.24) is 4.98 Å². The number of aromatic amines is 1. The van der Waals surface area contributed by atoms with Crippen LogP contribution in [0.1, 0.15) is 30.0 Å². The number of anilines is 1. The molecule has 1 atom stereocenters. The minimum atomic E-state index is 0.295. The summed E-state index contributed by atoms with van der Waals surface area (Å²) >= 11 is 0. The summed E-state index contributed by atoms with van der Waals surface area (Å²) < 4.78 is 0. The molecule has 0 saturated heterocycles. The second-order valence-electron chi connectivity index (χ2n) is 7.92. The lowest BCUT2D eigenvalue weighted by atomic mass is 10.0. The van der Waals surface area contributed by atoms with Gasteiger partial charge in [0.05, 0.1) is 11.4 Å². The Morgan fingerprint density at radius 2 is 1.62 bits per heavy atom. The number of phenols is 1. The van der Waals surface area contributed by atoms with Gasteiger partial charge in [-0.25, -0.2) is 0 Å². The monoisotopic (exact) mass is 384 g/mol. The van der Waals surface area contributed by atoms with E-state index in [0.717, 1.165) is 29.7 Å². The first kappa shape index (κ1) is 19.1. The lowest BCUT2D eigenvalue weighted by molar-refractivity contribution is 0.475. The van der Waals surface area contributed by atoms with E-state index in [2.05, 4.69) is 73.5 Å². The molecule has 1 heterocycles. The molecule has 1 unspecified atom stereocenters. The second kappa shape index (κ2) is 8.04. The van der Waals surface area contributed by atoms with Gasteiger partial charge in [-0.2, -0.15) is 0 Å². The number of benzene rings is 3. The molecule has 0 bridgehead atoms. The van der Waals surface area contributed by atoms with Gasteiger partial charge in [-0.1, -0.05) is 54.4 Å². The van der Waals surface area contributed by atoms with E-state index in [4.69, 9.17) is 0 Å². The van der Waals surface area contributed by atoms with E-state index in [1.165, 1.54) is 27.6 Å². The molecule has 0 amide bonds. The minimum Gasteiger partial charge on any atom is -0.508 e. The zero-order valence-corrected chi connectivity index (χ0v) is 17.3. The Bertz CT molecular complexity index is 1110. The molecule has 3 aromatic carbocycles. The molecule has 4 aromatic rings. The third kappa shape index (κ3) is 4.14. The summed E-state index contributed by atoms with van der Waals surface area (Å²) in [5.74, 6) is 0.309. The van der Waals surface area contributed by atoms with Crippen LogP contribution in [0.15, 0.2) is 66.7 Å². The topological polar surface area (TPSA) is 48.0 Å². The van der Waals surface area contributed by atoms with Crippen LogP contribution in [0.25, 0.3) is 22.2 Å². The Hall–Kier alpha value is -3.20. The van der Waals surface area contributed by atoms with Gasteiger partial charge in [-0.05, 0) is 62.6 Å². The van der Waals surface area contributed by atoms with E-state index in [1.807, 2.05) is 12.1 Å².